The summed E-state index contributed by atoms with van der Waals surface area (Å²) in [5.41, 5.74) is 6.48. The highest BCUT2D eigenvalue weighted by Crippen LogP contribution is 2.22. The van der Waals surface area contributed by atoms with Gasteiger partial charge in [-0.2, -0.15) is 5.10 Å². The first kappa shape index (κ1) is 32.6. The van der Waals surface area contributed by atoms with Gasteiger partial charge < -0.3 is 25.6 Å². The number of halogens is 1. The van der Waals surface area contributed by atoms with Crippen LogP contribution in [0.1, 0.15) is 47.6 Å². The number of carbonyl (C=O) groups excluding carboxylic acids is 3. The molecule has 4 aromatic rings. The molecule has 3 amide bonds. The standard InChI is InChI=1S/C21H24ClN3O4.C7H7N3O.CH3NO/c1-13(2)24-8-9-25-16(11-17(26)20(28)19(25)21(24)29)12-23-18(27)7-6-14-4-3-5-15(22)10-14;1-5-3-2-4-10-6(5)8-9-7(10)11;2-1-3/h3-5,10-11,13,28H,6-9,12H2,1-2H3,(H,23,27);2-4H,1H3,(H,9,11);1H,(H2,2,3). The zero-order chi connectivity index (χ0) is 31.7. The molecule has 0 bridgehead atoms. The molecule has 0 fully saturated rings. The average molecular weight is 612 g/mol. The third-order valence-electron chi connectivity index (χ3n) is 6.66. The van der Waals surface area contributed by atoms with E-state index in [2.05, 4.69) is 21.2 Å². The fourth-order valence-corrected chi connectivity index (χ4v) is 4.75. The average Bonchev–Trinajstić information content (AvgIpc) is 3.35. The van der Waals surface area contributed by atoms with E-state index in [4.69, 9.17) is 16.4 Å². The fourth-order valence-electron chi connectivity index (χ4n) is 4.54. The second-order valence-electron chi connectivity index (χ2n) is 9.90. The highest BCUT2D eigenvalue weighted by molar-refractivity contribution is 6.30. The Morgan fingerprint density at radius 2 is 1.91 bits per heavy atom. The molecule has 0 atom stereocenters. The predicted octanol–water partition coefficient (Wildman–Crippen LogP) is 1.75. The third kappa shape index (κ3) is 8.10. The molecule has 5 rings (SSSR count). The lowest BCUT2D eigenvalue weighted by atomic mass is 10.1. The maximum Gasteiger partial charge on any atom is 0.347 e. The zero-order valence-electron chi connectivity index (χ0n) is 24.0. The Kier molecular flexibility index (Phi) is 11.2. The Bertz CT molecular complexity index is 1730. The van der Waals surface area contributed by atoms with Crippen LogP contribution in [0.25, 0.3) is 5.65 Å². The summed E-state index contributed by atoms with van der Waals surface area (Å²) in [4.78, 5) is 58.3. The number of fused-ring (bicyclic) bond motifs is 2. The summed E-state index contributed by atoms with van der Waals surface area (Å²) in [6.07, 6.45) is 2.76. The van der Waals surface area contributed by atoms with Crippen molar-refractivity contribution >= 4 is 35.5 Å². The van der Waals surface area contributed by atoms with Crippen LogP contribution in [0.2, 0.25) is 5.02 Å². The number of nitrogens with two attached hydrogens (primary N) is 1. The SMILES string of the molecule is CC(C)N1CCn2c(CNC(=O)CCc3cccc(Cl)c3)cc(=O)c(O)c2C1=O.Cc1cccn2c(=O)[nH]nc12.NC=O. The number of nitrogens with zero attached hydrogens (tertiary/aromatic N) is 4. The van der Waals surface area contributed by atoms with E-state index in [0.29, 0.717) is 35.9 Å². The minimum Gasteiger partial charge on any atom is -0.503 e. The largest absolute Gasteiger partial charge is 0.503 e. The second-order valence-corrected chi connectivity index (χ2v) is 10.3. The Morgan fingerprint density at radius 3 is 2.56 bits per heavy atom. The molecule has 13 nitrogen and oxygen atoms in total. The number of H-pyrrole nitrogens is 1. The monoisotopic (exact) mass is 611 g/mol. The van der Waals surface area contributed by atoms with Crippen LogP contribution in [0.3, 0.4) is 0 Å². The van der Waals surface area contributed by atoms with Crippen LogP contribution in [0.15, 0.2) is 58.3 Å². The van der Waals surface area contributed by atoms with E-state index in [1.165, 1.54) is 10.5 Å². The van der Waals surface area contributed by atoms with Gasteiger partial charge in [-0.15, -0.1) is 0 Å². The highest BCUT2D eigenvalue weighted by Gasteiger charge is 2.31. The van der Waals surface area contributed by atoms with E-state index >= 15 is 0 Å². The molecule has 0 saturated heterocycles. The molecule has 1 aliphatic rings. The van der Waals surface area contributed by atoms with Crippen molar-refractivity contribution in [2.75, 3.05) is 6.54 Å². The number of aromatic nitrogens is 4. The van der Waals surface area contributed by atoms with Crippen molar-refractivity contribution in [3.8, 4) is 5.75 Å². The zero-order valence-corrected chi connectivity index (χ0v) is 24.8. The lowest BCUT2D eigenvalue weighted by Gasteiger charge is -2.34. The van der Waals surface area contributed by atoms with Crippen molar-refractivity contribution in [3.63, 3.8) is 0 Å². The maximum absolute atomic E-state index is 12.7. The van der Waals surface area contributed by atoms with Gasteiger partial charge in [-0.1, -0.05) is 29.8 Å². The Labute approximate surface area is 251 Å². The number of aromatic hydroxyl groups is 1. The number of rotatable bonds is 6. The topological polar surface area (TPSA) is 185 Å². The van der Waals surface area contributed by atoms with Crippen molar-refractivity contribution in [3.05, 3.63) is 96.9 Å². The van der Waals surface area contributed by atoms with Crippen molar-refractivity contribution < 1.29 is 19.5 Å². The van der Waals surface area contributed by atoms with Gasteiger partial charge in [0.05, 0.1) is 6.54 Å². The molecule has 5 N–H and O–H groups in total. The van der Waals surface area contributed by atoms with Gasteiger partial charge in [-0.3, -0.25) is 23.6 Å². The quantitative estimate of drug-likeness (QED) is 0.239. The van der Waals surface area contributed by atoms with Crippen LogP contribution in [-0.4, -0.2) is 60.0 Å². The number of aromatic amines is 1. The summed E-state index contributed by atoms with van der Waals surface area (Å²) in [6.45, 7) is 6.70. The molecule has 4 heterocycles. The van der Waals surface area contributed by atoms with Gasteiger partial charge in [0.15, 0.2) is 17.1 Å². The van der Waals surface area contributed by atoms with Crippen molar-refractivity contribution in [1.29, 1.82) is 0 Å². The first-order valence-electron chi connectivity index (χ1n) is 13.4. The molecular formula is C29H34ClN7O6. The molecule has 228 valence electrons. The van der Waals surface area contributed by atoms with Crippen LogP contribution in [-0.2, 0) is 29.1 Å². The van der Waals surface area contributed by atoms with Crippen LogP contribution in [0, 0.1) is 6.92 Å². The molecule has 0 radical (unpaired) electrons. The molecule has 43 heavy (non-hydrogen) atoms. The summed E-state index contributed by atoms with van der Waals surface area (Å²) < 4.78 is 3.10. The number of nitrogens with one attached hydrogen (secondary N) is 2. The normalized spacial score (nSPS) is 12.1. The van der Waals surface area contributed by atoms with E-state index < -0.39 is 11.2 Å². The number of hydrogen-bond donors (Lipinski definition) is 4. The van der Waals surface area contributed by atoms with E-state index in [9.17, 15) is 24.3 Å². The third-order valence-corrected chi connectivity index (χ3v) is 6.89. The van der Waals surface area contributed by atoms with Gasteiger partial charge in [0.2, 0.25) is 17.7 Å². The predicted molar refractivity (Wildman–Crippen MR) is 161 cm³/mol. The number of benzene rings is 1. The molecule has 0 saturated carbocycles. The van der Waals surface area contributed by atoms with E-state index in [1.807, 2.05) is 51.1 Å². The molecular weight excluding hydrogens is 578 g/mol. The second kappa shape index (κ2) is 14.8. The molecule has 0 aliphatic carbocycles. The number of carbonyl (C=O) groups is 3. The van der Waals surface area contributed by atoms with Crippen LogP contribution < -0.4 is 22.2 Å². The minimum atomic E-state index is -0.626. The summed E-state index contributed by atoms with van der Waals surface area (Å²) in [6, 6.07) is 12.3. The van der Waals surface area contributed by atoms with Crippen LogP contribution >= 0.6 is 11.6 Å². The molecule has 1 aromatic carbocycles. The van der Waals surface area contributed by atoms with E-state index in [-0.39, 0.29) is 48.6 Å². The Hall–Kier alpha value is -4.91. The summed E-state index contributed by atoms with van der Waals surface area (Å²) in [5, 5.41) is 19.8. The van der Waals surface area contributed by atoms with Gasteiger partial charge in [0, 0.05) is 48.5 Å². The van der Waals surface area contributed by atoms with Crippen molar-refractivity contribution in [2.24, 2.45) is 5.73 Å². The lowest BCUT2D eigenvalue weighted by molar-refractivity contribution is -0.121. The van der Waals surface area contributed by atoms with E-state index in [1.54, 1.807) is 21.7 Å². The van der Waals surface area contributed by atoms with Gasteiger partial charge in [0.25, 0.3) is 5.91 Å². The minimum absolute atomic E-state index is 0.0133. The lowest BCUT2D eigenvalue weighted by Crippen LogP contribution is -2.46. The maximum atomic E-state index is 12.7. The van der Waals surface area contributed by atoms with Gasteiger partial charge in [0.1, 0.15) is 0 Å². The Morgan fingerprint density at radius 1 is 1.19 bits per heavy atom. The smallest absolute Gasteiger partial charge is 0.347 e. The van der Waals surface area contributed by atoms with E-state index in [0.717, 1.165) is 11.1 Å². The fraction of sp³-hybridized carbons (Fsp3) is 0.310. The first-order valence-corrected chi connectivity index (χ1v) is 13.8. The van der Waals surface area contributed by atoms with Crippen LogP contribution in [0.4, 0.5) is 0 Å². The van der Waals surface area contributed by atoms with Crippen molar-refractivity contribution in [2.45, 2.75) is 52.7 Å². The Balaban J connectivity index is 0.000000297. The summed E-state index contributed by atoms with van der Waals surface area (Å²) in [5.74, 6) is -1.10. The number of aryl methyl sites for hydroxylation is 2. The summed E-state index contributed by atoms with van der Waals surface area (Å²) >= 11 is 5.95. The first-order chi connectivity index (χ1) is 20.5. The summed E-state index contributed by atoms with van der Waals surface area (Å²) in [7, 11) is 0. The van der Waals surface area contributed by atoms with Gasteiger partial charge in [-0.25, -0.2) is 9.89 Å². The van der Waals surface area contributed by atoms with Crippen LogP contribution in [0.5, 0.6) is 5.75 Å². The highest BCUT2D eigenvalue weighted by atomic mass is 35.5. The number of hydrogen-bond acceptors (Lipinski definition) is 7. The molecule has 3 aromatic heterocycles. The number of amides is 3. The van der Waals surface area contributed by atoms with Gasteiger partial charge >= 0.3 is 5.69 Å². The molecule has 0 unspecified atom stereocenters. The number of primary amides is 1. The van der Waals surface area contributed by atoms with Crippen molar-refractivity contribution in [1.82, 2.24) is 29.4 Å². The molecule has 1 aliphatic heterocycles. The molecule has 14 heteroatoms. The van der Waals surface area contributed by atoms with Gasteiger partial charge in [-0.05, 0) is 56.5 Å². The number of pyridine rings is 2. The molecule has 0 spiro atoms.